The van der Waals surface area contributed by atoms with Gasteiger partial charge in [-0.2, -0.15) is 0 Å². The maximum Gasteiger partial charge on any atom is 0.320 e. The normalized spacial score (nSPS) is 14.6. The number of nitrogens with zero attached hydrogens (tertiary/aromatic N) is 2. The Bertz CT molecular complexity index is 889. The van der Waals surface area contributed by atoms with Gasteiger partial charge in [0.25, 0.3) is 0 Å². The molecule has 5 heteroatoms. The van der Waals surface area contributed by atoms with Crippen LogP contribution >= 0.6 is 0 Å². The summed E-state index contributed by atoms with van der Waals surface area (Å²) >= 11 is 0. The maximum absolute atomic E-state index is 12.1. The SMILES string of the molecule is O=C(Nc1ccc2ncc(-c3ccccc3)cc2n1)NC1CCCC1. The Labute approximate surface area is 146 Å². The number of amides is 2. The van der Waals surface area contributed by atoms with E-state index in [1.54, 1.807) is 6.07 Å². The first-order valence-electron chi connectivity index (χ1n) is 8.68. The van der Waals surface area contributed by atoms with Crippen molar-refractivity contribution in [2.24, 2.45) is 0 Å². The average molecular weight is 332 g/mol. The Kier molecular flexibility index (Phi) is 4.29. The number of benzene rings is 1. The summed E-state index contributed by atoms with van der Waals surface area (Å²) < 4.78 is 0. The molecule has 2 aromatic heterocycles. The van der Waals surface area contributed by atoms with E-state index in [9.17, 15) is 4.79 Å². The van der Waals surface area contributed by atoms with Crippen molar-refractivity contribution >= 4 is 22.9 Å². The fourth-order valence-corrected chi connectivity index (χ4v) is 3.27. The van der Waals surface area contributed by atoms with E-state index >= 15 is 0 Å². The molecule has 1 aromatic carbocycles. The Morgan fingerprint density at radius 1 is 0.960 bits per heavy atom. The van der Waals surface area contributed by atoms with E-state index in [0.717, 1.165) is 35.0 Å². The first-order valence-corrected chi connectivity index (χ1v) is 8.68. The highest BCUT2D eigenvalue weighted by atomic mass is 16.2. The van der Waals surface area contributed by atoms with Crippen LogP contribution in [0.1, 0.15) is 25.7 Å². The Morgan fingerprint density at radius 3 is 2.56 bits per heavy atom. The lowest BCUT2D eigenvalue weighted by Gasteiger charge is -2.12. The number of nitrogens with one attached hydrogen (secondary N) is 2. The van der Waals surface area contributed by atoms with Crippen molar-refractivity contribution in [2.45, 2.75) is 31.7 Å². The quantitative estimate of drug-likeness (QED) is 0.749. The van der Waals surface area contributed by atoms with E-state index in [0.29, 0.717) is 5.82 Å². The molecule has 0 unspecified atom stereocenters. The standard InChI is InChI=1S/C20H20N4O/c25-20(22-16-8-4-5-9-16)24-19-11-10-17-18(23-19)12-15(13-21-17)14-6-2-1-3-7-14/h1-3,6-7,10-13,16H,4-5,8-9H2,(H2,22,23,24,25). The Balaban J connectivity index is 1.55. The first-order chi connectivity index (χ1) is 12.3. The smallest absolute Gasteiger partial charge is 0.320 e. The number of carbonyl (C=O) groups excluding carboxylic acids is 1. The van der Waals surface area contributed by atoms with Gasteiger partial charge >= 0.3 is 6.03 Å². The summed E-state index contributed by atoms with van der Waals surface area (Å²) in [5, 5.41) is 5.84. The van der Waals surface area contributed by atoms with Gasteiger partial charge in [-0.05, 0) is 36.6 Å². The van der Waals surface area contributed by atoms with Crippen LogP contribution in [0.2, 0.25) is 0 Å². The number of hydrogen-bond acceptors (Lipinski definition) is 3. The van der Waals surface area contributed by atoms with Gasteiger partial charge in [0.05, 0.1) is 11.0 Å². The van der Waals surface area contributed by atoms with E-state index in [1.807, 2.05) is 48.7 Å². The molecule has 2 amide bonds. The van der Waals surface area contributed by atoms with Crippen LogP contribution in [0.25, 0.3) is 22.2 Å². The van der Waals surface area contributed by atoms with Crippen molar-refractivity contribution in [1.29, 1.82) is 0 Å². The van der Waals surface area contributed by atoms with E-state index in [-0.39, 0.29) is 12.1 Å². The summed E-state index contributed by atoms with van der Waals surface area (Å²) in [6, 6.07) is 15.8. The Morgan fingerprint density at radius 2 is 1.76 bits per heavy atom. The molecule has 25 heavy (non-hydrogen) atoms. The third-order valence-corrected chi connectivity index (χ3v) is 4.58. The minimum absolute atomic E-state index is 0.189. The third-order valence-electron chi connectivity index (χ3n) is 4.58. The van der Waals surface area contributed by atoms with Crippen molar-refractivity contribution in [2.75, 3.05) is 5.32 Å². The van der Waals surface area contributed by atoms with Crippen molar-refractivity contribution in [1.82, 2.24) is 15.3 Å². The molecule has 1 saturated carbocycles. The molecule has 0 bridgehead atoms. The van der Waals surface area contributed by atoms with Crippen molar-refractivity contribution in [3.05, 3.63) is 54.7 Å². The number of aromatic nitrogens is 2. The van der Waals surface area contributed by atoms with Crippen LogP contribution in [0.15, 0.2) is 54.7 Å². The second kappa shape index (κ2) is 6.89. The lowest BCUT2D eigenvalue weighted by molar-refractivity contribution is 0.248. The summed E-state index contributed by atoms with van der Waals surface area (Å²) in [5.74, 6) is 0.537. The number of urea groups is 1. The summed E-state index contributed by atoms with van der Waals surface area (Å²) in [5.41, 5.74) is 3.67. The van der Waals surface area contributed by atoms with Gasteiger partial charge in [0, 0.05) is 17.8 Å². The molecule has 3 aromatic rings. The maximum atomic E-state index is 12.1. The van der Waals surface area contributed by atoms with Crippen molar-refractivity contribution in [3.63, 3.8) is 0 Å². The zero-order valence-electron chi connectivity index (χ0n) is 13.9. The number of pyridine rings is 2. The van der Waals surface area contributed by atoms with Crippen molar-refractivity contribution in [3.8, 4) is 11.1 Å². The summed E-state index contributed by atoms with van der Waals surface area (Å²) in [6.45, 7) is 0. The molecule has 5 nitrogen and oxygen atoms in total. The average Bonchev–Trinajstić information content (AvgIpc) is 3.14. The number of hydrogen-bond donors (Lipinski definition) is 2. The van der Waals surface area contributed by atoms with Gasteiger partial charge in [-0.3, -0.25) is 10.3 Å². The predicted octanol–water partition coefficient (Wildman–Crippen LogP) is 4.36. The molecular formula is C20H20N4O. The van der Waals surface area contributed by atoms with E-state index in [4.69, 9.17) is 0 Å². The van der Waals surface area contributed by atoms with Crippen LogP contribution in [-0.4, -0.2) is 22.0 Å². The van der Waals surface area contributed by atoms with E-state index < -0.39 is 0 Å². The molecule has 0 radical (unpaired) electrons. The second-order valence-corrected chi connectivity index (χ2v) is 6.40. The molecule has 0 spiro atoms. The van der Waals surface area contributed by atoms with Crippen LogP contribution in [0.4, 0.5) is 10.6 Å². The molecule has 2 heterocycles. The molecule has 2 N–H and O–H groups in total. The molecule has 1 aliphatic rings. The monoisotopic (exact) mass is 332 g/mol. The molecular weight excluding hydrogens is 312 g/mol. The van der Waals surface area contributed by atoms with Crippen molar-refractivity contribution < 1.29 is 4.79 Å². The zero-order valence-corrected chi connectivity index (χ0v) is 13.9. The topological polar surface area (TPSA) is 66.9 Å². The van der Waals surface area contributed by atoms with Gasteiger partial charge in [-0.1, -0.05) is 43.2 Å². The summed E-state index contributed by atoms with van der Waals surface area (Å²) in [7, 11) is 0. The lowest BCUT2D eigenvalue weighted by atomic mass is 10.1. The van der Waals surface area contributed by atoms with E-state index in [2.05, 4.69) is 20.6 Å². The lowest BCUT2D eigenvalue weighted by Crippen LogP contribution is -2.36. The summed E-state index contributed by atoms with van der Waals surface area (Å²) in [4.78, 5) is 21.1. The van der Waals surface area contributed by atoms with Gasteiger partial charge in [-0.15, -0.1) is 0 Å². The van der Waals surface area contributed by atoms with Gasteiger partial charge in [0.15, 0.2) is 0 Å². The van der Waals surface area contributed by atoms with Gasteiger partial charge in [0.1, 0.15) is 5.82 Å². The molecule has 0 aliphatic heterocycles. The number of anilines is 1. The highest BCUT2D eigenvalue weighted by Crippen LogP contribution is 2.22. The predicted molar refractivity (Wildman–Crippen MR) is 99.4 cm³/mol. The number of rotatable bonds is 3. The summed E-state index contributed by atoms with van der Waals surface area (Å²) in [6.07, 6.45) is 6.34. The van der Waals surface area contributed by atoms with Gasteiger partial charge in [-0.25, -0.2) is 9.78 Å². The van der Waals surface area contributed by atoms with Crippen LogP contribution in [0, 0.1) is 0 Å². The molecule has 126 valence electrons. The molecule has 0 saturated heterocycles. The molecule has 4 rings (SSSR count). The number of carbonyl (C=O) groups is 1. The fraction of sp³-hybridized carbons (Fsp3) is 0.250. The molecule has 0 atom stereocenters. The molecule has 1 fully saturated rings. The van der Waals surface area contributed by atoms with Gasteiger partial charge < -0.3 is 5.32 Å². The number of fused-ring (bicyclic) bond motifs is 1. The van der Waals surface area contributed by atoms with Gasteiger partial charge in [0.2, 0.25) is 0 Å². The van der Waals surface area contributed by atoms with Crippen LogP contribution in [0.3, 0.4) is 0 Å². The highest BCUT2D eigenvalue weighted by molar-refractivity contribution is 5.90. The van der Waals surface area contributed by atoms with Crippen LogP contribution in [0.5, 0.6) is 0 Å². The zero-order chi connectivity index (χ0) is 17.1. The highest BCUT2D eigenvalue weighted by Gasteiger charge is 2.17. The largest absolute Gasteiger partial charge is 0.335 e. The van der Waals surface area contributed by atoms with E-state index in [1.165, 1.54) is 12.8 Å². The minimum Gasteiger partial charge on any atom is -0.335 e. The first kappa shape index (κ1) is 15.6. The second-order valence-electron chi connectivity index (χ2n) is 6.40. The Hall–Kier alpha value is -2.95. The molecule has 1 aliphatic carbocycles. The minimum atomic E-state index is -0.189. The van der Waals surface area contributed by atoms with Crippen LogP contribution < -0.4 is 10.6 Å². The third kappa shape index (κ3) is 3.60. The van der Waals surface area contributed by atoms with Crippen LogP contribution in [-0.2, 0) is 0 Å². The fourth-order valence-electron chi connectivity index (χ4n) is 3.27.